The third-order valence-corrected chi connectivity index (χ3v) is 5.36. The van der Waals surface area contributed by atoms with Crippen molar-refractivity contribution in [3.63, 3.8) is 0 Å². The summed E-state index contributed by atoms with van der Waals surface area (Å²) in [6.07, 6.45) is 1.91. The van der Waals surface area contributed by atoms with Crippen LogP contribution in [0.4, 0.5) is 5.69 Å². The van der Waals surface area contributed by atoms with Gasteiger partial charge in [-0.25, -0.2) is 0 Å². The predicted octanol–water partition coefficient (Wildman–Crippen LogP) is 3.41. The number of nitro benzene ring substituents is 1. The van der Waals surface area contributed by atoms with E-state index in [1.807, 2.05) is 24.6 Å². The summed E-state index contributed by atoms with van der Waals surface area (Å²) in [5.41, 5.74) is 1.82. The van der Waals surface area contributed by atoms with Crippen LogP contribution in [0.2, 0.25) is 0 Å². The van der Waals surface area contributed by atoms with Crippen LogP contribution in [-0.4, -0.2) is 49.8 Å². The zero-order valence-corrected chi connectivity index (χ0v) is 18.0. The molecular formula is C19H24N6O4S. The lowest BCUT2D eigenvalue weighted by Crippen LogP contribution is -2.08. The molecule has 2 aromatic heterocycles. The van der Waals surface area contributed by atoms with E-state index in [4.69, 9.17) is 9.47 Å². The van der Waals surface area contributed by atoms with Gasteiger partial charge in [-0.3, -0.25) is 19.4 Å². The highest BCUT2D eigenvalue weighted by atomic mass is 32.2. The van der Waals surface area contributed by atoms with Crippen LogP contribution in [-0.2, 0) is 23.6 Å². The van der Waals surface area contributed by atoms with Gasteiger partial charge in [0.15, 0.2) is 11.0 Å². The highest BCUT2D eigenvalue weighted by Gasteiger charge is 2.21. The van der Waals surface area contributed by atoms with Crippen LogP contribution in [0, 0.1) is 10.1 Å². The lowest BCUT2D eigenvalue weighted by Gasteiger charge is -2.09. The molecule has 0 saturated carbocycles. The number of hydrogen-bond donors (Lipinski definition) is 0. The average Bonchev–Trinajstić information content (AvgIpc) is 3.34. The van der Waals surface area contributed by atoms with Gasteiger partial charge in [-0.1, -0.05) is 23.9 Å². The fraction of sp³-hybridized carbons (Fsp3) is 0.421. The van der Waals surface area contributed by atoms with E-state index in [1.165, 1.54) is 23.9 Å². The third kappa shape index (κ3) is 4.97. The summed E-state index contributed by atoms with van der Waals surface area (Å²) in [5.74, 6) is 1.80. The van der Waals surface area contributed by atoms with Gasteiger partial charge in [-0.05, 0) is 19.4 Å². The van der Waals surface area contributed by atoms with Crippen LogP contribution < -0.4 is 4.74 Å². The van der Waals surface area contributed by atoms with Crippen LogP contribution in [0.3, 0.4) is 0 Å². The van der Waals surface area contributed by atoms with Crippen LogP contribution in [0.1, 0.15) is 19.4 Å². The second kappa shape index (κ2) is 10.2. The summed E-state index contributed by atoms with van der Waals surface area (Å²) in [7, 11) is 1.65. The van der Waals surface area contributed by atoms with E-state index < -0.39 is 4.92 Å². The Morgan fingerprint density at radius 1 is 1.20 bits per heavy atom. The van der Waals surface area contributed by atoms with Gasteiger partial charge in [0.1, 0.15) is 5.56 Å². The van der Waals surface area contributed by atoms with Crippen molar-refractivity contribution in [1.82, 2.24) is 24.5 Å². The highest BCUT2D eigenvalue weighted by Crippen LogP contribution is 2.31. The van der Waals surface area contributed by atoms with Crippen molar-refractivity contribution < 1.29 is 14.4 Å². The van der Waals surface area contributed by atoms with Crippen LogP contribution in [0.15, 0.2) is 35.6 Å². The molecule has 0 spiro atoms. The Hall–Kier alpha value is -2.92. The number of benzene rings is 1. The number of nitrogens with zero attached hydrogens (tertiary/aromatic N) is 6. The molecule has 0 unspecified atom stereocenters. The van der Waals surface area contributed by atoms with Crippen molar-refractivity contribution in [2.75, 3.05) is 20.3 Å². The van der Waals surface area contributed by atoms with Crippen molar-refractivity contribution in [2.45, 2.75) is 37.8 Å². The molecule has 3 aromatic rings. The Balaban J connectivity index is 1.86. The number of aryl methyl sites for hydroxylation is 1. The third-order valence-electron chi connectivity index (χ3n) is 4.32. The zero-order valence-electron chi connectivity index (χ0n) is 17.1. The maximum Gasteiger partial charge on any atom is 0.269 e. The first-order valence-corrected chi connectivity index (χ1v) is 10.5. The number of thioether (sulfide) groups is 1. The number of nitro groups is 1. The van der Waals surface area contributed by atoms with Crippen molar-refractivity contribution in [3.8, 4) is 17.3 Å². The van der Waals surface area contributed by atoms with E-state index in [0.717, 1.165) is 16.3 Å². The minimum absolute atomic E-state index is 0.0747. The van der Waals surface area contributed by atoms with Crippen LogP contribution in [0.25, 0.3) is 11.4 Å². The van der Waals surface area contributed by atoms with E-state index in [9.17, 15) is 10.1 Å². The number of hydrogen-bond acceptors (Lipinski definition) is 8. The molecule has 0 aliphatic carbocycles. The fourth-order valence-corrected chi connectivity index (χ4v) is 3.72. The lowest BCUT2D eigenvalue weighted by molar-refractivity contribution is -0.384. The van der Waals surface area contributed by atoms with Crippen LogP contribution >= 0.6 is 11.8 Å². The van der Waals surface area contributed by atoms with Crippen molar-refractivity contribution >= 4 is 17.4 Å². The second-order valence-electron chi connectivity index (χ2n) is 6.30. The summed E-state index contributed by atoms with van der Waals surface area (Å²) in [5, 5.41) is 24.8. The maximum absolute atomic E-state index is 10.8. The smallest absolute Gasteiger partial charge is 0.269 e. The number of non-ortho nitro benzene ring substituents is 1. The molecule has 0 radical (unpaired) electrons. The van der Waals surface area contributed by atoms with E-state index in [1.54, 1.807) is 23.9 Å². The topological polar surface area (TPSA) is 110 Å². The SMILES string of the molecule is CCOc1nn(CC)cc1-c1nnc(SCc2ccc([N+](=O)[O-])cc2)n1CCOC. The Morgan fingerprint density at radius 3 is 2.60 bits per heavy atom. The molecule has 0 atom stereocenters. The van der Waals surface area contributed by atoms with Gasteiger partial charge in [-0.2, -0.15) is 0 Å². The van der Waals surface area contributed by atoms with Crippen LogP contribution in [0.5, 0.6) is 5.88 Å². The zero-order chi connectivity index (χ0) is 21.5. The molecule has 11 heteroatoms. The molecule has 0 saturated heterocycles. The largest absolute Gasteiger partial charge is 0.476 e. The Kier molecular flexibility index (Phi) is 7.41. The van der Waals surface area contributed by atoms with E-state index in [-0.39, 0.29) is 5.69 Å². The molecule has 10 nitrogen and oxygen atoms in total. The first-order valence-electron chi connectivity index (χ1n) is 9.56. The molecule has 0 N–H and O–H groups in total. The molecular weight excluding hydrogens is 408 g/mol. The number of aromatic nitrogens is 5. The maximum atomic E-state index is 10.8. The number of ether oxygens (including phenoxy) is 2. The molecule has 0 fully saturated rings. The summed E-state index contributed by atoms with van der Waals surface area (Å²) >= 11 is 1.51. The van der Waals surface area contributed by atoms with Crippen molar-refractivity contribution in [3.05, 3.63) is 46.1 Å². The predicted molar refractivity (Wildman–Crippen MR) is 113 cm³/mol. The standard InChI is InChI=1S/C19H24N6O4S/c1-4-23-12-16(18(22-23)29-5-2)17-20-21-19(24(17)10-11-28-3)30-13-14-6-8-15(9-7-14)25(26)27/h6-9,12H,4-5,10-11,13H2,1-3H3. The molecule has 3 rings (SSSR count). The Labute approximate surface area is 178 Å². The van der Waals surface area contributed by atoms with Gasteiger partial charge in [-0.15, -0.1) is 15.3 Å². The van der Waals surface area contributed by atoms with E-state index in [0.29, 0.717) is 43.8 Å². The summed E-state index contributed by atoms with van der Waals surface area (Å²) in [6.45, 7) is 6.21. The molecule has 1 aromatic carbocycles. The normalized spacial score (nSPS) is 11.0. The Morgan fingerprint density at radius 2 is 1.97 bits per heavy atom. The van der Waals surface area contributed by atoms with Gasteiger partial charge in [0.05, 0.1) is 24.7 Å². The van der Waals surface area contributed by atoms with Gasteiger partial charge >= 0.3 is 0 Å². The summed E-state index contributed by atoms with van der Waals surface area (Å²) in [4.78, 5) is 10.4. The molecule has 2 heterocycles. The summed E-state index contributed by atoms with van der Waals surface area (Å²) in [6, 6.07) is 6.51. The van der Waals surface area contributed by atoms with Crippen molar-refractivity contribution in [1.29, 1.82) is 0 Å². The molecule has 0 amide bonds. The van der Waals surface area contributed by atoms with Crippen molar-refractivity contribution in [2.24, 2.45) is 0 Å². The van der Waals surface area contributed by atoms with Gasteiger partial charge in [0, 0.05) is 37.7 Å². The molecule has 30 heavy (non-hydrogen) atoms. The highest BCUT2D eigenvalue weighted by molar-refractivity contribution is 7.98. The molecule has 0 aliphatic rings. The fourth-order valence-electron chi connectivity index (χ4n) is 2.80. The quantitative estimate of drug-likeness (QED) is 0.258. The van der Waals surface area contributed by atoms with Gasteiger partial charge < -0.3 is 9.47 Å². The summed E-state index contributed by atoms with van der Waals surface area (Å²) < 4.78 is 14.7. The van der Waals surface area contributed by atoms with Gasteiger partial charge in [0.2, 0.25) is 5.88 Å². The number of rotatable bonds is 11. The van der Waals surface area contributed by atoms with E-state index in [2.05, 4.69) is 15.3 Å². The second-order valence-corrected chi connectivity index (χ2v) is 7.24. The van der Waals surface area contributed by atoms with Gasteiger partial charge in [0.25, 0.3) is 5.69 Å². The number of methoxy groups -OCH3 is 1. The molecule has 0 aliphatic heterocycles. The lowest BCUT2D eigenvalue weighted by atomic mass is 10.2. The monoisotopic (exact) mass is 432 g/mol. The average molecular weight is 433 g/mol. The van der Waals surface area contributed by atoms with E-state index >= 15 is 0 Å². The Bertz CT molecular complexity index is 986. The minimum atomic E-state index is -0.406. The first kappa shape index (κ1) is 21.8. The molecule has 0 bridgehead atoms. The molecule has 160 valence electrons. The minimum Gasteiger partial charge on any atom is -0.476 e. The first-order chi connectivity index (χ1) is 14.6.